The molecule has 1 aliphatic heterocycles. The van der Waals surface area contributed by atoms with E-state index in [1.54, 1.807) is 12.3 Å². The minimum Gasteiger partial charge on any atom is -0.479 e. The molecule has 0 amide bonds. The number of carbonyl (C=O) groups is 1. The van der Waals surface area contributed by atoms with Crippen LogP contribution in [0.2, 0.25) is 0 Å². The summed E-state index contributed by atoms with van der Waals surface area (Å²) in [4.78, 5) is 16.1. The Morgan fingerprint density at radius 2 is 1.89 bits per heavy atom. The number of carboxylic acid groups (broad SMARTS) is 1. The number of hydrogen-bond acceptors (Lipinski definition) is 5. The van der Waals surface area contributed by atoms with Crippen LogP contribution in [-0.4, -0.2) is 51.2 Å². The minimum absolute atomic E-state index is 0.0330. The number of aromatic amines is 1. The Morgan fingerprint density at radius 1 is 1.11 bits per heavy atom. The predicted molar refractivity (Wildman–Crippen MR) is 125 cm³/mol. The standard InChI is InChI=1S/C26H22F3N3O4/c27-19-2-1-14(8-20(19)28)22-17-7-15-12-30-32-21(15)9-18(17)24(31-23(22)13-3-5-35-6-4-13)36-16-10-26(29,11-16)25(33)34/h1-2,7-9,12-13,16H,3-6,10-11H2,(H,30,32)(H,33,34)/t16-,26+. The van der Waals surface area contributed by atoms with E-state index in [0.29, 0.717) is 59.2 Å². The Morgan fingerprint density at radius 3 is 2.61 bits per heavy atom. The Bertz CT molecular complexity index is 1490. The summed E-state index contributed by atoms with van der Waals surface area (Å²) in [6.45, 7) is 1.06. The molecule has 10 heteroatoms. The van der Waals surface area contributed by atoms with Gasteiger partial charge in [-0.05, 0) is 48.1 Å². The summed E-state index contributed by atoms with van der Waals surface area (Å²) in [7, 11) is 0. The number of rotatable bonds is 5. The number of aliphatic carboxylic acids is 1. The maximum Gasteiger partial charge on any atom is 0.341 e. The maximum atomic E-state index is 14.4. The number of nitrogens with zero attached hydrogens (tertiary/aromatic N) is 2. The van der Waals surface area contributed by atoms with Gasteiger partial charge in [0.05, 0.1) is 17.4 Å². The Labute approximate surface area is 203 Å². The van der Waals surface area contributed by atoms with Gasteiger partial charge in [0.15, 0.2) is 11.6 Å². The summed E-state index contributed by atoms with van der Waals surface area (Å²) in [6, 6.07) is 7.46. The van der Waals surface area contributed by atoms with Crippen molar-refractivity contribution in [3.05, 3.63) is 53.9 Å². The highest BCUT2D eigenvalue weighted by atomic mass is 19.2. The quantitative estimate of drug-likeness (QED) is 0.389. The number of aromatic nitrogens is 3. The van der Waals surface area contributed by atoms with Crippen molar-refractivity contribution in [1.82, 2.24) is 15.2 Å². The van der Waals surface area contributed by atoms with Gasteiger partial charge in [0.1, 0.15) is 6.10 Å². The number of pyridine rings is 1. The summed E-state index contributed by atoms with van der Waals surface area (Å²) in [5.74, 6) is -3.21. The van der Waals surface area contributed by atoms with Gasteiger partial charge in [-0.15, -0.1) is 0 Å². The van der Waals surface area contributed by atoms with Crippen LogP contribution in [0.1, 0.15) is 37.3 Å². The lowest BCUT2D eigenvalue weighted by molar-refractivity contribution is -0.164. The third-order valence-corrected chi connectivity index (χ3v) is 7.14. The van der Waals surface area contributed by atoms with Crippen molar-refractivity contribution in [3.63, 3.8) is 0 Å². The molecule has 7 nitrogen and oxygen atoms in total. The van der Waals surface area contributed by atoms with Crippen LogP contribution in [0, 0.1) is 11.6 Å². The van der Waals surface area contributed by atoms with Crippen LogP contribution in [0.4, 0.5) is 13.2 Å². The van der Waals surface area contributed by atoms with E-state index in [4.69, 9.17) is 19.6 Å². The van der Waals surface area contributed by atoms with Crippen LogP contribution in [0.25, 0.3) is 32.8 Å². The number of nitrogens with one attached hydrogen (secondary N) is 1. The van der Waals surface area contributed by atoms with Crippen LogP contribution >= 0.6 is 0 Å². The predicted octanol–water partition coefficient (Wildman–Crippen LogP) is 5.28. The van der Waals surface area contributed by atoms with Crippen LogP contribution < -0.4 is 4.74 Å². The van der Waals surface area contributed by atoms with Crippen LogP contribution in [0.5, 0.6) is 5.88 Å². The molecule has 4 aromatic rings. The highest BCUT2D eigenvalue weighted by Gasteiger charge is 2.53. The first-order chi connectivity index (χ1) is 17.3. The van der Waals surface area contributed by atoms with Gasteiger partial charge in [-0.1, -0.05) is 6.07 Å². The molecule has 2 N–H and O–H groups in total. The number of fused-ring (bicyclic) bond motifs is 2. The van der Waals surface area contributed by atoms with Crippen molar-refractivity contribution < 1.29 is 32.5 Å². The van der Waals surface area contributed by atoms with E-state index in [0.717, 1.165) is 17.5 Å². The number of carboxylic acids is 1. The molecular weight excluding hydrogens is 475 g/mol. The molecule has 0 atom stereocenters. The van der Waals surface area contributed by atoms with Gasteiger partial charge in [0, 0.05) is 48.3 Å². The average Bonchev–Trinajstić information content (AvgIpc) is 3.31. The van der Waals surface area contributed by atoms with Crippen molar-refractivity contribution in [3.8, 4) is 17.0 Å². The van der Waals surface area contributed by atoms with Crippen molar-refractivity contribution >= 4 is 27.6 Å². The van der Waals surface area contributed by atoms with E-state index in [1.165, 1.54) is 6.07 Å². The normalized spacial score (nSPS) is 22.6. The smallest absolute Gasteiger partial charge is 0.341 e. The number of alkyl halides is 1. The zero-order valence-corrected chi connectivity index (χ0v) is 19.1. The molecule has 2 fully saturated rings. The molecule has 0 spiro atoms. The summed E-state index contributed by atoms with van der Waals surface area (Å²) < 4.78 is 54.2. The molecule has 6 rings (SSSR count). The summed E-state index contributed by atoms with van der Waals surface area (Å²) in [6.07, 6.45) is 1.80. The average molecular weight is 497 g/mol. The lowest BCUT2D eigenvalue weighted by Crippen LogP contribution is -2.52. The molecule has 0 bridgehead atoms. The molecule has 1 saturated heterocycles. The van der Waals surface area contributed by atoms with Gasteiger partial charge in [0.25, 0.3) is 0 Å². The Kier molecular flexibility index (Phi) is 5.36. The Balaban J connectivity index is 1.56. The van der Waals surface area contributed by atoms with E-state index < -0.39 is 29.4 Å². The number of hydrogen-bond donors (Lipinski definition) is 2. The van der Waals surface area contributed by atoms with E-state index in [1.807, 2.05) is 6.07 Å². The largest absolute Gasteiger partial charge is 0.479 e. The van der Waals surface area contributed by atoms with Gasteiger partial charge < -0.3 is 14.6 Å². The first-order valence-electron chi connectivity index (χ1n) is 11.8. The van der Waals surface area contributed by atoms with Crippen LogP contribution in [-0.2, 0) is 9.53 Å². The fourth-order valence-corrected chi connectivity index (χ4v) is 5.13. The third-order valence-electron chi connectivity index (χ3n) is 7.14. The monoisotopic (exact) mass is 497 g/mol. The summed E-state index contributed by atoms with van der Waals surface area (Å²) in [5, 5.41) is 18.2. The maximum absolute atomic E-state index is 14.4. The van der Waals surface area contributed by atoms with Gasteiger partial charge in [-0.3, -0.25) is 5.10 Å². The van der Waals surface area contributed by atoms with E-state index in [9.17, 15) is 18.0 Å². The first kappa shape index (κ1) is 22.8. The molecular formula is C26H22F3N3O4. The lowest BCUT2D eigenvalue weighted by atomic mass is 9.79. The number of benzene rings is 2. The molecule has 186 valence electrons. The molecule has 2 aromatic carbocycles. The fraction of sp³-hybridized carbons (Fsp3) is 0.346. The second-order valence-electron chi connectivity index (χ2n) is 9.47. The molecule has 3 heterocycles. The number of ether oxygens (including phenoxy) is 2. The second kappa shape index (κ2) is 8.48. The van der Waals surface area contributed by atoms with E-state index in [-0.39, 0.29) is 24.6 Å². The van der Waals surface area contributed by atoms with Gasteiger partial charge in [-0.2, -0.15) is 5.10 Å². The number of halogens is 3. The molecule has 1 saturated carbocycles. The van der Waals surface area contributed by atoms with Crippen molar-refractivity contribution in [2.24, 2.45) is 0 Å². The highest BCUT2D eigenvalue weighted by molar-refractivity contribution is 6.06. The molecule has 0 radical (unpaired) electrons. The minimum atomic E-state index is -2.31. The summed E-state index contributed by atoms with van der Waals surface area (Å²) in [5.41, 5.74) is 0.179. The highest BCUT2D eigenvalue weighted by Crippen LogP contribution is 2.45. The molecule has 0 unspecified atom stereocenters. The van der Waals surface area contributed by atoms with Crippen LogP contribution in [0.15, 0.2) is 36.5 Å². The first-order valence-corrected chi connectivity index (χ1v) is 11.8. The number of H-pyrrole nitrogens is 1. The third kappa shape index (κ3) is 3.76. The molecule has 2 aliphatic rings. The van der Waals surface area contributed by atoms with E-state index in [2.05, 4.69) is 10.2 Å². The SMILES string of the molecule is O=C(O)[C@]1(F)C[C@@H](Oc2nc(C3CCOCC3)c(-c3ccc(F)c(F)c3)c3cc4cn[nH]c4cc23)C1. The summed E-state index contributed by atoms with van der Waals surface area (Å²) >= 11 is 0. The molecule has 36 heavy (non-hydrogen) atoms. The fourth-order valence-electron chi connectivity index (χ4n) is 5.13. The second-order valence-corrected chi connectivity index (χ2v) is 9.47. The van der Waals surface area contributed by atoms with Crippen LogP contribution in [0.3, 0.4) is 0 Å². The zero-order chi connectivity index (χ0) is 25.0. The lowest BCUT2D eigenvalue weighted by Gasteiger charge is -2.37. The molecule has 2 aromatic heterocycles. The van der Waals surface area contributed by atoms with Crippen molar-refractivity contribution in [1.29, 1.82) is 0 Å². The van der Waals surface area contributed by atoms with Gasteiger partial charge >= 0.3 is 5.97 Å². The molecule has 1 aliphatic carbocycles. The van der Waals surface area contributed by atoms with Gasteiger partial charge in [-0.25, -0.2) is 22.9 Å². The van der Waals surface area contributed by atoms with E-state index >= 15 is 0 Å². The Hall–Kier alpha value is -3.66. The van der Waals surface area contributed by atoms with Gasteiger partial charge in [0.2, 0.25) is 11.5 Å². The van der Waals surface area contributed by atoms with Crippen molar-refractivity contribution in [2.75, 3.05) is 13.2 Å². The van der Waals surface area contributed by atoms with Crippen molar-refractivity contribution in [2.45, 2.75) is 43.4 Å². The topological polar surface area (TPSA) is 97.3 Å². The zero-order valence-electron chi connectivity index (χ0n) is 19.1.